The van der Waals surface area contributed by atoms with Crippen LogP contribution in [-0.2, 0) is 6.42 Å². The van der Waals surface area contributed by atoms with Crippen LogP contribution in [0.3, 0.4) is 0 Å². The fraction of sp³-hybridized carbons (Fsp3) is 0.158. The summed E-state index contributed by atoms with van der Waals surface area (Å²) in [6.45, 7) is 2.23. The van der Waals surface area contributed by atoms with Crippen LogP contribution in [0.1, 0.15) is 22.8 Å². The lowest BCUT2D eigenvalue weighted by Gasteiger charge is -2.10. The van der Waals surface area contributed by atoms with Crippen LogP contribution >= 0.6 is 0 Å². The van der Waals surface area contributed by atoms with Crippen LogP contribution < -0.4 is 9.47 Å². The Labute approximate surface area is 138 Å². The molecule has 1 N–H and O–H groups in total. The number of fused-ring (bicyclic) bond motifs is 2. The van der Waals surface area contributed by atoms with Gasteiger partial charge in [0.2, 0.25) is 6.79 Å². The zero-order valence-corrected chi connectivity index (χ0v) is 13.1. The van der Waals surface area contributed by atoms with E-state index in [-0.39, 0.29) is 12.4 Å². The van der Waals surface area contributed by atoms with Crippen molar-refractivity contribution >= 4 is 16.9 Å². The van der Waals surface area contributed by atoms with E-state index in [1.807, 2.05) is 37.3 Å². The maximum Gasteiger partial charge on any atom is 0.336 e. The fourth-order valence-electron chi connectivity index (χ4n) is 2.97. The van der Waals surface area contributed by atoms with E-state index in [1.165, 1.54) is 0 Å². The molecule has 120 valence electrons. The topological polar surface area (TPSA) is 68.7 Å². The monoisotopic (exact) mass is 321 g/mol. The summed E-state index contributed by atoms with van der Waals surface area (Å²) in [6.07, 6.45) is 0.786. The zero-order chi connectivity index (χ0) is 16.7. The summed E-state index contributed by atoms with van der Waals surface area (Å²) in [4.78, 5) is 16.4. The molecule has 1 aliphatic heterocycles. The van der Waals surface area contributed by atoms with Gasteiger partial charge in [-0.1, -0.05) is 25.1 Å². The fourth-order valence-corrected chi connectivity index (χ4v) is 2.97. The number of benzene rings is 2. The van der Waals surface area contributed by atoms with Crippen molar-refractivity contribution in [1.82, 2.24) is 4.98 Å². The van der Waals surface area contributed by atoms with Gasteiger partial charge in [-0.15, -0.1) is 0 Å². The van der Waals surface area contributed by atoms with Crippen molar-refractivity contribution in [3.8, 4) is 22.8 Å². The highest BCUT2D eigenvalue weighted by Gasteiger charge is 2.18. The van der Waals surface area contributed by atoms with E-state index >= 15 is 0 Å². The minimum Gasteiger partial charge on any atom is -0.478 e. The summed E-state index contributed by atoms with van der Waals surface area (Å²) in [7, 11) is 0. The number of pyridine rings is 1. The van der Waals surface area contributed by atoms with Crippen LogP contribution in [0.25, 0.3) is 22.2 Å². The van der Waals surface area contributed by atoms with Gasteiger partial charge in [0.1, 0.15) is 0 Å². The third-order valence-corrected chi connectivity index (χ3v) is 4.20. The molecule has 24 heavy (non-hydrogen) atoms. The van der Waals surface area contributed by atoms with E-state index in [0.717, 1.165) is 23.1 Å². The van der Waals surface area contributed by atoms with Crippen molar-refractivity contribution in [2.75, 3.05) is 6.79 Å². The van der Waals surface area contributed by atoms with Gasteiger partial charge in [-0.25, -0.2) is 9.78 Å². The molecular weight excluding hydrogens is 306 g/mol. The van der Waals surface area contributed by atoms with Crippen LogP contribution in [0.4, 0.5) is 0 Å². The maximum atomic E-state index is 11.7. The van der Waals surface area contributed by atoms with Gasteiger partial charge < -0.3 is 14.6 Å². The van der Waals surface area contributed by atoms with Crippen LogP contribution in [0.5, 0.6) is 11.5 Å². The average molecular weight is 321 g/mol. The van der Waals surface area contributed by atoms with Gasteiger partial charge in [0, 0.05) is 10.9 Å². The first-order valence-corrected chi connectivity index (χ1v) is 7.73. The Morgan fingerprint density at radius 2 is 2.00 bits per heavy atom. The standard InChI is InChI=1S/C19H15NO4/c1-2-11-4-3-5-13-14(19(21)22)9-15(20-18(11)13)12-6-7-16-17(8-12)24-10-23-16/h3-9H,2,10H2,1H3,(H,21,22). The van der Waals surface area contributed by atoms with Gasteiger partial charge in [-0.2, -0.15) is 0 Å². The predicted molar refractivity (Wildman–Crippen MR) is 89.6 cm³/mol. The molecule has 5 nitrogen and oxygen atoms in total. The Balaban J connectivity index is 1.97. The number of nitrogens with zero attached hydrogens (tertiary/aromatic N) is 1. The molecule has 0 bridgehead atoms. The highest BCUT2D eigenvalue weighted by Crippen LogP contribution is 2.36. The lowest BCUT2D eigenvalue weighted by Crippen LogP contribution is -2.01. The molecule has 0 amide bonds. The molecule has 0 aliphatic carbocycles. The molecule has 1 aromatic heterocycles. The molecule has 0 unspecified atom stereocenters. The Bertz CT molecular complexity index is 965. The second-order valence-corrected chi connectivity index (χ2v) is 5.60. The Morgan fingerprint density at radius 3 is 2.79 bits per heavy atom. The van der Waals surface area contributed by atoms with Crippen molar-refractivity contribution in [2.24, 2.45) is 0 Å². The normalized spacial score (nSPS) is 12.5. The summed E-state index contributed by atoms with van der Waals surface area (Å²) in [5, 5.41) is 10.3. The second-order valence-electron chi connectivity index (χ2n) is 5.60. The third kappa shape index (κ3) is 2.25. The minimum atomic E-state index is -0.961. The molecule has 1 aliphatic rings. The first kappa shape index (κ1) is 14.5. The molecule has 2 heterocycles. The van der Waals surface area contributed by atoms with Gasteiger partial charge in [-0.05, 0) is 36.2 Å². The zero-order valence-electron chi connectivity index (χ0n) is 13.1. The highest BCUT2D eigenvalue weighted by molar-refractivity contribution is 6.04. The lowest BCUT2D eigenvalue weighted by molar-refractivity contribution is 0.0699. The summed E-state index contributed by atoms with van der Waals surface area (Å²) < 4.78 is 10.7. The predicted octanol–water partition coefficient (Wildman–Crippen LogP) is 3.89. The number of aromatic carboxylic acids is 1. The number of hydrogen-bond donors (Lipinski definition) is 1. The van der Waals surface area contributed by atoms with E-state index in [4.69, 9.17) is 14.5 Å². The Kier molecular flexibility index (Phi) is 3.34. The van der Waals surface area contributed by atoms with Crippen molar-refractivity contribution in [3.63, 3.8) is 0 Å². The smallest absolute Gasteiger partial charge is 0.336 e. The lowest BCUT2D eigenvalue weighted by atomic mass is 10.0. The number of aromatic nitrogens is 1. The maximum absolute atomic E-state index is 11.7. The van der Waals surface area contributed by atoms with Gasteiger partial charge in [0.25, 0.3) is 0 Å². The number of carboxylic acids is 1. The second kappa shape index (κ2) is 5.53. The largest absolute Gasteiger partial charge is 0.478 e. The molecule has 4 rings (SSSR count). The van der Waals surface area contributed by atoms with Gasteiger partial charge in [0.15, 0.2) is 11.5 Å². The first-order chi connectivity index (χ1) is 11.7. The van der Waals surface area contributed by atoms with Gasteiger partial charge >= 0.3 is 5.97 Å². The van der Waals surface area contributed by atoms with Crippen molar-refractivity contribution in [2.45, 2.75) is 13.3 Å². The number of aryl methyl sites for hydroxylation is 1. The average Bonchev–Trinajstić information content (AvgIpc) is 3.07. The molecule has 0 fully saturated rings. The van der Waals surface area contributed by atoms with Crippen LogP contribution in [0.2, 0.25) is 0 Å². The summed E-state index contributed by atoms with van der Waals surface area (Å²) in [6, 6.07) is 12.8. The number of ether oxygens (including phenoxy) is 2. The first-order valence-electron chi connectivity index (χ1n) is 7.73. The van der Waals surface area contributed by atoms with E-state index in [9.17, 15) is 9.90 Å². The van der Waals surface area contributed by atoms with Crippen molar-refractivity contribution in [1.29, 1.82) is 0 Å². The van der Waals surface area contributed by atoms with Crippen molar-refractivity contribution < 1.29 is 19.4 Å². The Hall–Kier alpha value is -3.08. The summed E-state index contributed by atoms with van der Waals surface area (Å²) >= 11 is 0. The Morgan fingerprint density at radius 1 is 1.17 bits per heavy atom. The van der Waals surface area contributed by atoms with E-state index in [2.05, 4.69) is 0 Å². The molecular formula is C19H15NO4. The summed E-state index contributed by atoms with van der Waals surface area (Å²) in [5.74, 6) is 0.375. The number of rotatable bonds is 3. The molecule has 5 heteroatoms. The number of para-hydroxylation sites is 1. The third-order valence-electron chi connectivity index (χ3n) is 4.20. The van der Waals surface area contributed by atoms with E-state index in [1.54, 1.807) is 12.1 Å². The van der Waals surface area contributed by atoms with E-state index in [0.29, 0.717) is 22.6 Å². The summed E-state index contributed by atoms with van der Waals surface area (Å²) in [5.41, 5.74) is 3.42. The van der Waals surface area contributed by atoms with Crippen LogP contribution in [0, 0.1) is 0 Å². The molecule has 2 aromatic carbocycles. The van der Waals surface area contributed by atoms with Gasteiger partial charge in [0.05, 0.1) is 16.8 Å². The quantitative estimate of drug-likeness (QED) is 0.792. The van der Waals surface area contributed by atoms with Crippen molar-refractivity contribution in [3.05, 3.63) is 53.6 Å². The SMILES string of the molecule is CCc1cccc2c(C(=O)O)cc(-c3ccc4c(c3)OCO4)nc12. The number of carboxylic acid groups (broad SMARTS) is 1. The molecule has 3 aromatic rings. The minimum absolute atomic E-state index is 0.199. The molecule has 0 spiro atoms. The molecule has 0 saturated carbocycles. The number of carbonyl (C=O) groups is 1. The van der Waals surface area contributed by atoms with Gasteiger partial charge in [-0.3, -0.25) is 0 Å². The molecule has 0 atom stereocenters. The number of hydrogen-bond acceptors (Lipinski definition) is 4. The van der Waals surface area contributed by atoms with E-state index < -0.39 is 5.97 Å². The molecule has 0 radical (unpaired) electrons. The molecule has 0 saturated heterocycles. The van der Waals surface area contributed by atoms with Crippen LogP contribution in [0.15, 0.2) is 42.5 Å². The highest BCUT2D eigenvalue weighted by atomic mass is 16.7. The van der Waals surface area contributed by atoms with Crippen LogP contribution in [-0.4, -0.2) is 22.9 Å².